The van der Waals surface area contributed by atoms with Gasteiger partial charge in [0, 0.05) is 25.8 Å². The van der Waals surface area contributed by atoms with E-state index in [2.05, 4.69) is 26.1 Å². The third-order valence-corrected chi connectivity index (χ3v) is 13.3. The standard InChI is InChI=1S/C32H58N2O7S/c1-21(8-11-29(38)33-14-6-15-34(4,5)16-7-17-42(39,40)41)24-9-10-25-30-26(20-28(37)32(24,25)3)31(2)13-12-23(35)18-22(31)19-27(30)36/h18,21-22,24-30,33,36-38H,6-17,19-20H2,1-5H3,(H-,35,39,40,41)/p+1. The van der Waals surface area contributed by atoms with Crippen LogP contribution in [0.5, 0.6) is 0 Å². The molecule has 0 amide bonds. The second-order valence-electron chi connectivity index (χ2n) is 15.6. The lowest BCUT2D eigenvalue weighted by atomic mass is 9.44. The topological polar surface area (TPSA) is 147 Å². The van der Waals surface area contributed by atoms with Crippen LogP contribution in [0.2, 0.25) is 0 Å². The van der Waals surface area contributed by atoms with E-state index in [0.29, 0.717) is 67.3 Å². The summed E-state index contributed by atoms with van der Waals surface area (Å²) < 4.78 is 31.5. The summed E-state index contributed by atoms with van der Waals surface area (Å²) in [5.74, 6) is 1.83. The molecule has 0 aromatic rings. The van der Waals surface area contributed by atoms with Crippen LogP contribution in [0, 0.1) is 46.3 Å². The average Bonchev–Trinajstić information content (AvgIpc) is 3.24. The molecule has 9 nitrogen and oxygen atoms in total. The number of aliphatic hydroxyl groups is 4. The monoisotopic (exact) mass is 615 g/mol. The van der Waals surface area contributed by atoms with Gasteiger partial charge in [0.25, 0.3) is 10.1 Å². The molecule has 4 rings (SSSR count). The van der Waals surface area contributed by atoms with Gasteiger partial charge in [-0.25, -0.2) is 0 Å². The smallest absolute Gasteiger partial charge is 0.265 e. The summed E-state index contributed by atoms with van der Waals surface area (Å²) in [6, 6.07) is 0. The predicted octanol–water partition coefficient (Wildman–Crippen LogP) is 3.71. The van der Waals surface area contributed by atoms with E-state index in [1.807, 2.05) is 20.2 Å². The molecule has 0 radical (unpaired) electrons. The lowest BCUT2D eigenvalue weighted by Gasteiger charge is -2.62. The number of nitrogens with one attached hydrogen (secondary N) is 1. The Kier molecular flexibility index (Phi) is 10.5. The first-order chi connectivity index (χ1) is 19.5. The highest BCUT2D eigenvalue weighted by Gasteiger charge is 2.65. The molecule has 0 bridgehead atoms. The second-order valence-corrected chi connectivity index (χ2v) is 17.1. The maximum atomic E-state index is 11.8. The van der Waals surface area contributed by atoms with Crippen molar-refractivity contribution >= 4 is 10.1 Å². The van der Waals surface area contributed by atoms with Crippen LogP contribution >= 0.6 is 0 Å². The number of quaternary nitrogens is 1. The van der Waals surface area contributed by atoms with E-state index in [1.165, 1.54) is 0 Å². The molecule has 6 N–H and O–H groups in total. The molecule has 3 saturated carbocycles. The minimum Gasteiger partial charge on any atom is -0.513 e. The van der Waals surface area contributed by atoms with Gasteiger partial charge in [0.2, 0.25) is 0 Å². The van der Waals surface area contributed by atoms with Gasteiger partial charge in [0.15, 0.2) is 0 Å². The first kappa shape index (κ1) is 34.1. The van der Waals surface area contributed by atoms with Crippen molar-refractivity contribution in [2.75, 3.05) is 39.5 Å². The van der Waals surface area contributed by atoms with Crippen molar-refractivity contribution in [3.8, 4) is 0 Å². The molecule has 42 heavy (non-hydrogen) atoms. The molecule has 0 aromatic carbocycles. The van der Waals surface area contributed by atoms with Gasteiger partial charge in [0.05, 0.1) is 50.9 Å². The Hall–Kier alpha value is -0.750. The van der Waals surface area contributed by atoms with Gasteiger partial charge in [-0.05, 0) is 97.4 Å². The molecule has 11 atom stereocenters. The largest absolute Gasteiger partial charge is 0.513 e. The van der Waals surface area contributed by atoms with Crippen molar-refractivity contribution in [2.24, 2.45) is 46.3 Å². The lowest BCUT2D eigenvalue weighted by molar-refractivity contribution is -0.890. The van der Waals surface area contributed by atoms with Crippen molar-refractivity contribution in [2.45, 2.75) is 103 Å². The number of rotatable bonds is 13. The Morgan fingerprint density at radius 1 is 1.07 bits per heavy atom. The Bertz CT molecular complexity index is 1070. The molecule has 0 heterocycles. The molecule has 11 unspecified atom stereocenters. The van der Waals surface area contributed by atoms with Crippen LogP contribution in [0.3, 0.4) is 0 Å². The zero-order chi connectivity index (χ0) is 31.1. The molecule has 3 fully saturated rings. The summed E-state index contributed by atoms with van der Waals surface area (Å²) in [6.07, 6.45) is 8.43. The van der Waals surface area contributed by atoms with Crippen LogP contribution in [0.15, 0.2) is 11.8 Å². The normalized spacial score (nSPS) is 40.0. The number of aliphatic hydroxyl groups excluding tert-OH is 4. The molecule has 10 heteroatoms. The summed E-state index contributed by atoms with van der Waals surface area (Å²) in [6.45, 7) is 9.03. The van der Waals surface area contributed by atoms with E-state index in [0.717, 1.165) is 38.6 Å². The minimum absolute atomic E-state index is 0.00604. The maximum absolute atomic E-state index is 11.8. The van der Waals surface area contributed by atoms with Crippen LogP contribution in [0.4, 0.5) is 0 Å². The number of nitrogens with zero attached hydrogens (tertiary/aromatic N) is 1. The highest BCUT2D eigenvalue weighted by atomic mass is 32.2. The van der Waals surface area contributed by atoms with Gasteiger partial charge < -0.3 is 24.9 Å². The SMILES string of the molecule is CC(CCC(O)NCCC[N+](C)(C)CCCS(=O)(=O)O)C1CCC2C3C(O)CC4C=C(O)CCC4(C)C3CC(O)C12C. The van der Waals surface area contributed by atoms with Crippen molar-refractivity contribution in [1.29, 1.82) is 0 Å². The zero-order valence-corrected chi connectivity index (χ0v) is 27.4. The second kappa shape index (κ2) is 12.9. The van der Waals surface area contributed by atoms with Crippen molar-refractivity contribution in [1.82, 2.24) is 5.32 Å². The number of hydrogen-bond donors (Lipinski definition) is 6. The first-order valence-electron chi connectivity index (χ1n) is 16.4. The predicted molar refractivity (Wildman–Crippen MR) is 164 cm³/mol. The van der Waals surface area contributed by atoms with E-state index in [9.17, 15) is 28.8 Å². The summed E-state index contributed by atoms with van der Waals surface area (Å²) in [4.78, 5) is 0. The third kappa shape index (κ3) is 7.21. The van der Waals surface area contributed by atoms with Crippen LogP contribution in [0.25, 0.3) is 0 Å². The minimum atomic E-state index is -3.92. The summed E-state index contributed by atoms with van der Waals surface area (Å²) in [7, 11) is 0.164. The Labute approximate surface area is 254 Å². The van der Waals surface area contributed by atoms with Gasteiger partial charge in [-0.2, -0.15) is 8.42 Å². The van der Waals surface area contributed by atoms with Crippen LogP contribution in [-0.4, -0.2) is 95.8 Å². The van der Waals surface area contributed by atoms with Crippen molar-refractivity contribution < 1.29 is 37.9 Å². The Morgan fingerprint density at radius 2 is 1.76 bits per heavy atom. The molecule has 0 aromatic heterocycles. The molecule has 4 aliphatic rings. The van der Waals surface area contributed by atoms with Gasteiger partial charge in [-0.1, -0.05) is 20.8 Å². The quantitative estimate of drug-likeness (QED) is 0.0796. The van der Waals surface area contributed by atoms with Gasteiger partial charge in [-0.3, -0.25) is 9.87 Å². The van der Waals surface area contributed by atoms with E-state index in [1.54, 1.807) is 0 Å². The molecule has 244 valence electrons. The highest BCUT2D eigenvalue weighted by Crippen LogP contribution is 2.68. The van der Waals surface area contributed by atoms with Gasteiger partial charge in [0.1, 0.15) is 6.23 Å². The van der Waals surface area contributed by atoms with Crippen LogP contribution in [-0.2, 0) is 10.1 Å². The molecule has 0 aliphatic heterocycles. The van der Waals surface area contributed by atoms with Crippen molar-refractivity contribution in [3.63, 3.8) is 0 Å². The van der Waals surface area contributed by atoms with E-state index >= 15 is 0 Å². The van der Waals surface area contributed by atoms with E-state index in [-0.39, 0.29) is 40.3 Å². The third-order valence-electron chi connectivity index (χ3n) is 12.5. The summed E-state index contributed by atoms with van der Waals surface area (Å²) >= 11 is 0. The maximum Gasteiger partial charge on any atom is 0.265 e. The van der Waals surface area contributed by atoms with E-state index in [4.69, 9.17) is 4.55 Å². The molecule has 4 aliphatic carbocycles. The molecule has 0 saturated heterocycles. The lowest BCUT2D eigenvalue weighted by Crippen LogP contribution is -2.61. The molecular formula is C32H59N2O7S+. The average molecular weight is 616 g/mol. The van der Waals surface area contributed by atoms with Gasteiger partial charge >= 0.3 is 0 Å². The van der Waals surface area contributed by atoms with Crippen molar-refractivity contribution in [3.05, 3.63) is 11.8 Å². The first-order valence-corrected chi connectivity index (χ1v) is 18.0. The van der Waals surface area contributed by atoms with Crippen LogP contribution in [0.1, 0.15) is 85.0 Å². The van der Waals surface area contributed by atoms with Gasteiger partial charge in [-0.15, -0.1) is 0 Å². The zero-order valence-electron chi connectivity index (χ0n) is 26.6. The Balaban J connectivity index is 1.27. The molecule has 0 spiro atoms. The summed E-state index contributed by atoms with van der Waals surface area (Å²) in [5.41, 5.74) is -0.235. The Morgan fingerprint density at radius 3 is 2.45 bits per heavy atom. The fourth-order valence-corrected chi connectivity index (χ4v) is 10.5. The van der Waals surface area contributed by atoms with E-state index < -0.39 is 28.6 Å². The fraction of sp³-hybridized carbons (Fsp3) is 0.938. The fourth-order valence-electron chi connectivity index (χ4n) is 10.0. The highest BCUT2D eigenvalue weighted by molar-refractivity contribution is 7.85. The summed E-state index contributed by atoms with van der Waals surface area (Å²) in [5, 5.41) is 47.3. The number of hydrogen-bond acceptors (Lipinski definition) is 7. The molecular weight excluding hydrogens is 556 g/mol. The number of fused-ring (bicyclic) bond motifs is 5. The number of allylic oxidation sites excluding steroid dienone is 2. The van der Waals surface area contributed by atoms with Crippen LogP contribution < -0.4 is 5.32 Å².